The quantitative estimate of drug-likeness (QED) is 0.326. The summed E-state index contributed by atoms with van der Waals surface area (Å²) in [4.78, 5) is 80.6. The Morgan fingerprint density at radius 3 is 1.89 bits per heavy atom. The summed E-state index contributed by atoms with van der Waals surface area (Å²) >= 11 is 0. The molecule has 1 N–H and O–H groups in total. The molecule has 2 unspecified atom stereocenters. The van der Waals surface area contributed by atoms with Gasteiger partial charge in [-0.05, 0) is 25.2 Å². The van der Waals surface area contributed by atoms with Crippen LogP contribution in [-0.2, 0) is 28.8 Å². The fourth-order valence-corrected chi connectivity index (χ4v) is 2.55. The second-order valence-corrected chi connectivity index (χ2v) is 5.11. The number of carbonyl (C=O) groups excluding carboxylic acids is 5. The molecule has 0 fully saturated rings. The fraction of sp³-hybridized carbons (Fsp3) is 0.600. The van der Waals surface area contributed by atoms with Gasteiger partial charge < -0.3 is 5.11 Å². The number of aliphatic carboxylic acids is 1. The van der Waals surface area contributed by atoms with Crippen molar-refractivity contribution in [2.45, 2.75) is 37.4 Å². The maximum atomic E-state index is 11.9. The highest BCUT2D eigenvalue weighted by Gasteiger charge is 2.45. The van der Waals surface area contributed by atoms with E-state index in [1.807, 2.05) is 0 Å². The van der Waals surface area contributed by atoms with Crippen molar-refractivity contribution in [3.63, 3.8) is 0 Å². The van der Waals surface area contributed by atoms with E-state index in [0.29, 0.717) is 0 Å². The summed E-state index contributed by atoms with van der Waals surface area (Å²) in [5, 5.41) is 9.66. The lowest BCUT2D eigenvalue weighted by Crippen LogP contribution is -2.45. The van der Waals surface area contributed by atoms with Gasteiger partial charge in [-0.3, -0.25) is 0 Å². The number of hydrogen-bond donors (Lipinski definition) is 1. The molecule has 142 valence electrons. The third-order valence-electron chi connectivity index (χ3n) is 3.79. The minimum atomic E-state index is -2.03. The maximum Gasteiger partial charge on any atom is 0.332 e. The predicted octanol–water partition coefficient (Wildman–Crippen LogP) is -0.00850. The van der Waals surface area contributed by atoms with Gasteiger partial charge >= 0.3 is 5.97 Å². The second-order valence-electron chi connectivity index (χ2n) is 5.11. The van der Waals surface area contributed by atoms with E-state index < -0.39 is 23.6 Å². The van der Waals surface area contributed by atoms with E-state index in [1.54, 1.807) is 0 Å². The molecule has 0 spiro atoms. The molecule has 0 aliphatic heterocycles. The summed E-state index contributed by atoms with van der Waals surface area (Å²) in [5.74, 6) is -2.40. The summed E-state index contributed by atoms with van der Waals surface area (Å²) in [6, 6.07) is 0. The Balaban J connectivity index is 5.87. The number of carboxylic acids is 1. The Kier molecular flexibility index (Phi) is 11.8. The van der Waals surface area contributed by atoms with Crippen molar-refractivity contribution in [2.24, 2.45) is 30.9 Å². The topological polar surface area (TPSA) is 184 Å². The van der Waals surface area contributed by atoms with Crippen molar-refractivity contribution in [3.05, 3.63) is 0 Å². The SMILES string of the molecule is O=C=NCCC(CCC(N=C=O)N=C=O)C(CCN=C=O)(N=C=O)C(=O)O. The molecule has 0 amide bonds. The van der Waals surface area contributed by atoms with Gasteiger partial charge in [0, 0.05) is 6.42 Å². The zero-order valence-electron chi connectivity index (χ0n) is 14.0. The Morgan fingerprint density at radius 2 is 1.41 bits per heavy atom. The third kappa shape index (κ3) is 7.86. The summed E-state index contributed by atoms with van der Waals surface area (Å²) < 4.78 is 0. The van der Waals surface area contributed by atoms with Crippen molar-refractivity contribution in [1.29, 1.82) is 0 Å². The number of hydrogen-bond acceptors (Lipinski definition) is 11. The van der Waals surface area contributed by atoms with Gasteiger partial charge in [-0.25, -0.2) is 38.8 Å². The second kappa shape index (κ2) is 13.6. The number of carbonyl (C=O) groups is 1. The lowest BCUT2D eigenvalue weighted by molar-refractivity contribution is -0.146. The largest absolute Gasteiger partial charge is 0.479 e. The van der Waals surface area contributed by atoms with Gasteiger partial charge in [-0.15, -0.1) is 0 Å². The molecular weight excluding hydrogens is 362 g/mol. The molecule has 0 aliphatic rings. The van der Waals surface area contributed by atoms with Gasteiger partial charge in [0.05, 0.1) is 13.1 Å². The average molecular weight is 377 g/mol. The van der Waals surface area contributed by atoms with Crippen LogP contribution < -0.4 is 0 Å². The molecule has 12 nitrogen and oxygen atoms in total. The molecule has 12 heteroatoms. The Hall–Kier alpha value is -3.63. The van der Waals surface area contributed by atoms with Crippen LogP contribution in [0.2, 0.25) is 0 Å². The standard InChI is InChI=1S/C15H15N5O7/c21-7-16-5-3-12(1-2-13(18-9-23)19-10-24)15(14(26)27,20-11-25)4-6-17-8-22/h12-13H,1-6H2,(H,26,27). The van der Waals surface area contributed by atoms with Crippen molar-refractivity contribution < 1.29 is 33.9 Å². The Labute approximate surface area is 152 Å². The normalized spacial score (nSPS) is 13.6. The minimum absolute atomic E-state index is 0.0140. The molecule has 0 saturated carbocycles. The van der Waals surface area contributed by atoms with E-state index in [-0.39, 0.29) is 38.8 Å². The molecular formula is C15H15N5O7. The summed E-state index contributed by atoms with van der Waals surface area (Å²) in [5.41, 5.74) is -2.03. The highest BCUT2D eigenvalue weighted by molar-refractivity contribution is 5.80. The first-order chi connectivity index (χ1) is 13.0. The lowest BCUT2D eigenvalue weighted by atomic mass is 9.76. The van der Waals surface area contributed by atoms with E-state index in [4.69, 9.17) is 0 Å². The van der Waals surface area contributed by atoms with E-state index in [1.165, 1.54) is 30.4 Å². The third-order valence-corrected chi connectivity index (χ3v) is 3.79. The maximum absolute atomic E-state index is 11.9. The lowest BCUT2D eigenvalue weighted by Gasteiger charge is -2.32. The van der Waals surface area contributed by atoms with Crippen LogP contribution in [0.4, 0.5) is 0 Å². The zero-order valence-corrected chi connectivity index (χ0v) is 14.0. The molecule has 0 saturated heterocycles. The number of nitrogens with zero attached hydrogens (tertiary/aromatic N) is 5. The number of isocyanates is 5. The number of aliphatic imine (C=N–C) groups is 5. The fourth-order valence-electron chi connectivity index (χ4n) is 2.55. The Morgan fingerprint density at radius 1 is 0.815 bits per heavy atom. The van der Waals surface area contributed by atoms with Crippen LogP contribution in [0.25, 0.3) is 0 Å². The summed E-state index contributed by atoms with van der Waals surface area (Å²) in [6.45, 7) is -0.399. The molecule has 0 bridgehead atoms. The molecule has 0 aromatic carbocycles. The van der Waals surface area contributed by atoms with Gasteiger partial charge in [-0.1, -0.05) is 0 Å². The molecule has 0 aromatic rings. The number of carboxylic acid groups (broad SMARTS) is 1. The zero-order chi connectivity index (χ0) is 20.5. The van der Waals surface area contributed by atoms with Crippen molar-refractivity contribution in [1.82, 2.24) is 0 Å². The average Bonchev–Trinajstić information content (AvgIpc) is 2.64. The van der Waals surface area contributed by atoms with Crippen LogP contribution in [-0.4, -0.2) is 66.3 Å². The smallest absolute Gasteiger partial charge is 0.332 e. The molecule has 0 aliphatic carbocycles. The highest BCUT2D eigenvalue weighted by atomic mass is 16.4. The van der Waals surface area contributed by atoms with Crippen LogP contribution >= 0.6 is 0 Å². The first-order valence-corrected chi connectivity index (χ1v) is 7.56. The minimum Gasteiger partial charge on any atom is -0.479 e. The van der Waals surface area contributed by atoms with E-state index in [9.17, 15) is 33.9 Å². The van der Waals surface area contributed by atoms with Crippen molar-refractivity contribution in [3.8, 4) is 0 Å². The Bertz CT molecular complexity index is 731. The van der Waals surface area contributed by atoms with Gasteiger partial charge in [-0.2, -0.15) is 15.0 Å². The van der Waals surface area contributed by atoms with E-state index in [2.05, 4.69) is 25.0 Å². The van der Waals surface area contributed by atoms with Gasteiger partial charge in [0.15, 0.2) is 11.7 Å². The molecule has 0 aromatic heterocycles. The molecule has 2 atom stereocenters. The first-order valence-electron chi connectivity index (χ1n) is 7.56. The summed E-state index contributed by atoms with van der Waals surface area (Å²) in [6.07, 6.45) is 4.63. The van der Waals surface area contributed by atoms with Gasteiger partial charge in [0.1, 0.15) is 0 Å². The van der Waals surface area contributed by atoms with Crippen LogP contribution in [0.1, 0.15) is 25.7 Å². The first kappa shape index (κ1) is 23.4. The number of rotatable bonds is 14. The highest BCUT2D eigenvalue weighted by Crippen LogP contribution is 2.34. The monoisotopic (exact) mass is 377 g/mol. The molecule has 0 heterocycles. The van der Waals surface area contributed by atoms with Crippen LogP contribution in [0, 0.1) is 5.92 Å². The van der Waals surface area contributed by atoms with Crippen LogP contribution in [0.15, 0.2) is 25.0 Å². The van der Waals surface area contributed by atoms with Gasteiger partial charge in [0.2, 0.25) is 30.4 Å². The molecule has 0 radical (unpaired) electrons. The van der Waals surface area contributed by atoms with Crippen LogP contribution in [0.5, 0.6) is 0 Å². The predicted molar refractivity (Wildman–Crippen MR) is 86.5 cm³/mol. The van der Waals surface area contributed by atoms with Crippen molar-refractivity contribution in [2.75, 3.05) is 13.1 Å². The summed E-state index contributed by atoms with van der Waals surface area (Å²) in [7, 11) is 0. The van der Waals surface area contributed by atoms with E-state index >= 15 is 0 Å². The van der Waals surface area contributed by atoms with E-state index in [0.717, 1.165) is 0 Å². The molecule has 0 rings (SSSR count). The van der Waals surface area contributed by atoms with Crippen molar-refractivity contribution >= 4 is 36.4 Å². The van der Waals surface area contributed by atoms with Gasteiger partial charge in [0.25, 0.3) is 0 Å². The van der Waals surface area contributed by atoms with Crippen LogP contribution in [0.3, 0.4) is 0 Å². The molecule has 27 heavy (non-hydrogen) atoms.